The Morgan fingerprint density at radius 1 is 1.15 bits per heavy atom. The van der Waals surface area contributed by atoms with E-state index in [4.69, 9.17) is 10.6 Å². The highest BCUT2D eigenvalue weighted by Crippen LogP contribution is 2.43. The van der Waals surface area contributed by atoms with Crippen LogP contribution in [0.1, 0.15) is 22.7 Å². The number of hydrogen-bond acceptors (Lipinski definition) is 3. The zero-order valence-electron chi connectivity index (χ0n) is 11.0. The molecule has 3 rings (SSSR count). The lowest BCUT2D eigenvalue weighted by Gasteiger charge is -2.29. The highest BCUT2D eigenvalue weighted by Gasteiger charge is 2.29. The van der Waals surface area contributed by atoms with Gasteiger partial charge in [-0.2, -0.15) is 0 Å². The average molecular weight is 269 g/mol. The molecule has 1 heterocycles. The minimum atomic E-state index is -0.430. The fourth-order valence-electron chi connectivity index (χ4n) is 2.52. The topological polar surface area (TPSA) is 76.4 Å². The fraction of sp³-hybridized carbons (Fsp3) is 0.133. The maximum Gasteiger partial charge on any atom is 0.329 e. The summed E-state index contributed by atoms with van der Waals surface area (Å²) >= 11 is 0. The quantitative estimate of drug-likeness (QED) is 0.422. The summed E-state index contributed by atoms with van der Waals surface area (Å²) in [7, 11) is 0. The van der Waals surface area contributed by atoms with Crippen LogP contribution in [0.5, 0.6) is 11.5 Å². The molecule has 0 aliphatic carbocycles. The summed E-state index contributed by atoms with van der Waals surface area (Å²) in [6, 6.07) is 12.8. The number of rotatable bonds is 1. The Balaban J connectivity index is 2.14. The van der Waals surface area contributed by atoms with E-state index in [1.54, 1.807) is 0 Å². The first-order valence-corrected chi connectivity index (χ1v) is 6.34. The van der Waals surface area contributed by atoms with Gasteiger partial charge in [-0.1, -0.05) is 30.3 Å². The third-order valence-corrected chi connectivity index (χ3v) is 3.43. The van der Waals surface area contributed by atoms with Crippen LogP contribution in [-0.4, -0.2) is 6.03 Å². The van der Waals surface area contributed by atoms with Crippen LogP contribution in [0.3, 0.4) is 0 Å². The molecular weight excluding hydrogens is 254 g/mol. The lowest BCUT2D eigenvalue weighted by atomic mass is 9.91. The molecular formula is C15H15N3O2. The number of nitrogens with two attached hydrogens (primary N) is 1. The van der Waals surface area contributed by atoms with Gasteiger partial charge in [0.05, 0.1) is 6.04 Å². The largest absolute Gasteiger partial charge is 0.457 e. The predicted molar refractivity (Wildman–Crippen MR) is 75.4 cm³/mol. The van der Waals surface area contributed by atoms with Gasteiger partial charge in [-0.25, -0.2) is 10.6 Å². The summed E-state index contributed by atoms with van der Waals surface area (Å²) in [5.41, 5.74) is 5.03. The third kappa shape index (κ3) is 1.98. The zero-order valence-corrected chi connectivity index (χ0v) is 11.0. The van der Waals surface area contributed by atoms with Crippen molar-refractivity contribution in [2.45, 2.75) is 13.0 Å². The summed E-state index contributed by atoms with van der Waals surface area (Å²) in [5.74, 6) is 6.67. The van der Waals surface area contributed by atoms with E-state index in [2.05, 4.69) is 10.7 Å². The molecule has 5 heteroatoms. The van der Waals surface area contributed by atoms with Gasteiger partial charge < -0.3 is 10.1 Å². The van der Waals surface area contributed by atoms with E-state index >= 15 is 0 Å². The van der Waals surface area contributed by atoms with Crippen molar-refractivity contribution in [3.8, 4) is 11.5 Å². The Kier molecular flexibility index (Phi) is 3.04. The van der Waals surface area contributed by atoms with Crippen LogP contribution in [0.2, 0.25) is 0 Å². The van der Waals surface area contributed by atoms with Gasteiger partial charge >= 0.3 is 6.03 Å². The molecule has 2 amide bonds. The van der Waals surface area contributed by atoms with Gasteiger partial charge in [-0.15, -0.1) is 0 Å². The molecule has 2 aromatic carbocycles. The molecule has 1 aliphatic heterocycles. The van der Waals surface area contributed by atoms with E-state index < -0.39 is 6.03 Å². The maximum atomic E-state index is 11.6. The number of amides is 2. The van der Waals surface area contributed by atoms with Crippen LogP contribution < -0.4 is 21.3 Å². The van der Waals surface area contributed by atoms with E-state index in [1.165, 1.54) is 0 Å². The van der Waals surface area contributed by atoms with Gasteiger partial charge in [0, 0.05) is 11.1 Å². The molecule has 2 aromatic rings. The number of carbonyl (C=O) groups is 1. The molecule has 0 aromatic heterocycles. The second-order valence-electron chi connectivity index (χ2n) is 4.68. The number of fused-ring (bicyclic) bond motifs is 2. The van der Waals surface area contributed by atoms with Crippen molar-refractivity contribution in [3.05, 3.63) is 59.2 Å². The standard InChI is InChI=1S/C15H15N3O2/c1-9-5-4-8-12-13(9)14(17-15(19)18-16)10-6-2-3-7-11(10)20-12/h2-8,14H,16H2,1H3,(H2,17,18,19). The smallest absolute Gasteiger partial charge is 0.329 e. The normalized spacial score (nSPS) is 15.6. The summed E-state index contributed by atoms with van der Waals surface area (Å²) in [6.45, 7) is 1.99. The number of hydrazine groups is 1. The minimum absolute atomic E-state index is 0.278. The third-order valence-electron chi connectivity index (χ3n) is 3.43. The van der Waals surface area contributed by atoms with E-state index in [-0.39, 0.29) is 6.04 Å². The minimum Gasteiger partial charge on any atom is -0.457 e. The van der Waals surface area contributed by atoms with Crippen molar-refractivity contribution in [3.63, 3.8) is 0 Å². The van der Waals surface area contributed by atoms with Crippen LogP contribution in [0.25, 0.3) is 0 Å². The Morgan fingerprint density at radius 2 is 1.90 bits per heavy atom. The van der Waals surface area contributed by atoms with Gasteiger partial charge in [-0.05, 0) is 24.6 Å². The number of ether oxygens (including phenoxy) is 1. The van der Waals surface area contributed by atoms with E-state index in [1.807, 2.05) is 49.4 Å². The first-order valence-electron chi connectivity index (χ1n) is 6.34. The first kappa shape index (κ1) is 12.5. The molecule has 0 saturated heterocycles. The van der Waals surface area contributed by atoms with E-state index in [0.717, 1.165) is 28.2 Å². The number of hydrogen-bond donors (Lipinski definition) is 3. The van der Waals surface area contributed by atoms with Crippen LogP contribution in [0.4, 0.5) is 4.79 Å². The molecule has 0 saturated carbocycles. The summed E-state index contributed by atoms with van der Waals surface area (Å²) < 4.78 is 5.90. The van der Waals surface area contributed by atoms with E-state index in [0.29, 0.717) is 0 Å². The van der Waals surface area contributed by atoms with Crippen molar-refractivity contribution in [1.29, 1.82) is 0 Å². The number of carbonyl (C=O) groups excluding carboxylic acids is 1. The molecule has 0 bridgehead atoms. The number of aryl methyl sites for hydroxylation is 1. The lowest BCUT2D eigenvalue weighted by molar-refractivity contribution is 0.238. The molecule has 1 unspecified atom stereocenters. The van der Waals surface area contributed by atoms with Gasteiger partial charge in [0.25, 0.3) is 0 Å². The lowest BCUT2D eigenvalue weighted by Crippen LogP contribution is -2.42. The van der Waals surface area contributed by atoms with Gasteiger partial charge in [0.1, 0.15) is 11.5 Å². The molecule has 1 atom stereocenters. The number of para-hydroxylation sites is 1. The number of urea groups is 1. The SMILES string of the molecule is Cc1cccc2c1C(NC(=O)NN)c1ccccc1O2. The average Bonchev–Trinajstić information content (AvgIpc) is 2.47. The van der Waals surface area contributed by atoms with Crippen LogP contribution in [-0.2, 0) is 0 Å². The Hall–Kier alpha value is -2.53. The molecule has 20 heavy (non-hydrogen) atoms. The molecule has 4 N–H and O–H groups in total. The van der Waals surface area contributed by atoms with Crippen LogP contribution in [0, 0.1) is 6.92 Å². The van der Waals surface area contributed by atoms with Crippen molar-refractivity contribution in [2.75, 3.05) is 0 Å². The fourth-order valence-corrected chi connectivity index (χ4v) is 2.52. The first-order chi connectivity index (χ1) is 9.70. The molecule has 0 radical (unpaired) electrons. The zero-order chi connectivity index (χ0) is 14.1. The second-order valence-corrected chi connectivity index (χ2v) is 4.68. The summed E-state index contributed by atoms with van der Waals surface area (Å²) in [6.07, 6.45) is 0. The van der Waals surface area contributed by atoms with Crippen molar-refractivity contribution in [1.82, 2.24) is 10.7 Å². The number of nitrogens with one attached hydrogen (secondary N) is 2. The predicted octanol–water partition coefficient (Wildman–Crippen LogP) is 2.36. The highest BCUT2D eigenvalue weighted by molar-refractivity contribution is 5.75. The number of benzene rings is 2. The van der Waals surface area contributed by atoms with Crippen molar-refractivity contribution in [2.24, 2.45) is 5.84 Å². The Bertz CT molecular complexity index is 670. The van der Waals surface area contributed by atoms with Crippen LogP contribution in [0.15, 0.2) is 42.5 Å². The van der Waals surface area contributed by atoms with Gasteiger partial charge in [-0.3, -0.25) is 5.43 Å². The van der Waals surface area contributed by atoms with Crippen molar-refractivity contribution < 1.29 is 9.53 Å². The van der Waals surface area contributed by atoms with E-state index in [9.17, 15) is 4.79 Å². The molecule has 0 spiro atoms. The second kappa shape index (κ2) is 4.86. The van der Waals surface area contributed by atoms with Gasteiger partial charge in [0.2, 0.25) is 0 Å². The Morgan fingerprint density at radius 3 is 2.70 bits per heavy atom. The van der Waals surface area contributed by atoms with Crippen molar-refractivity contribution >= 4 is 6.03 Å². The van der Waals surface area contributed by atoms with Crippen LogP contribution >= 0.6 is 0 Å². The monoisotopic (exact) mass is 269 g/mol. The summed E-state index contributed by atoms with van der Waals surface area (Å²) in [5, 5.41) is 2.87. The maximum absolute atomic E-state index is 11.6. The Labute approximate surface area is 116 Å². The highest BCUT2D eigenvalue weighted by atomic mass is 16.5. The molecule has 5 nitrogen and oxygen atoms in total. The summed E-state index contributed by atoms with van der Waals surface area (Å²) in [4.78, 5) is 11.6. The molecule has 102 valence electrons. The van der Waals surface area contributed by atoms with Gasteiger partial charge in [0.15, 0.2) is 0 Å². The molecule has 0 fully saturated rings. The molecule has 1 aliphatic rings.